The summed E-state index contributed by atoms with van der Waals surface area (Å²) in [7, 11) is 0. The van der Waals surface area contributed by atoms with Crippen molar-refractivity contribution in [1.82, 2.24) is 9.97 Å². The van der Waals surface area contributed by atoms with Crippen LogP contribution in [0.2, 0.25) is 0 Å². The minimum absolute atomic E-state index is 0.232. The molecule has 24 heavy (non-hydrogen) atoms. The Labute approximate surface area is 143 Å². The second-order valence-electron chi connectivity index (χ2n) is 5.20. The number of thiophene rings is 1. The standard InChI is InChI=1S/C17H17N3O3S/c1-4-22-17(21)23-14-10(3)20-16-12(13(14)18)9(2)15(24-16)11-6-5-7-19-8-11/h5-8H,4H2,1-3H3,(H2,18,20). The molecule has 0 amide bonds. The predicted octanol–water partition coefficient (Wildman–Crippen LogP) is 4.09. The number of nitrogens with zero attached hydrogens (tertiary/aromatic N) is 2. The number of carbonyl (C=O) groups excluding carboxylic acids is 1. The van der Waals surface area contributed by atoms with Gasteiger partial charge < -0.3 is 15.2 Å². The average Bonchev–Trinajstić information content (AvgIpc) is 2.89. The first-order valence-electron chi connectivity index (χ1n) is 7.47. The minimum atomic E-state index is -0.784. The number of aromatic nitrogens is 2. The Kier molecular flexibility index (Phi) is 4.35. The predicted molar refractivity (Wildman–Crippen MR) is 94.4 cm³/mol. The number of rotatable bonds is 3. The van der Waals surface area contributed by atoms with Gasteiger partial charge in [0.15, 0.2) is 5.75 Å². The molecule has 0 saturated carbocycles. The molecule has 3 aromatic heterocycles. The van der Waals surface area contributed by atoms with Gasteiger partial charge in [0.2, 0.25) is 0 Å². The van der Waals surface area contributed by atoms with Gasteiger partial charge in [-0.15, -0.1) is 11.3 Å². The number of fused-ring (bicyclic) bond motifs is 1. The van der Waals surface area contributed by atoms with Crippen LogP contribution in [0, 0.1) is 13.8 Å². The molecular formula is C17H17N3O3S. The van der Waals surface area contributed by atoms with Gasteiger partial charge in [-0.3, -0.25) is 4.98 Å². The summed E-state index contributed by atoms with van der Waals surface area (Å²) in [6, 6.07) is 3.88. The number of pyridine rings is 2. The summed E-state index contributed by atoms with van der Waals surface area (Å²) >= 11 is 1.54. The molecule has 3 heterocycles. The number of hydrogen-bond donors (Lipinski definition) is 1. The molecule has 0 aromatic carbocycles. The van der Waals surface area contributed by atoms with Crippen molar-refractivity contribution in [1.29, 1.82) is 0 Å². The summed E-state index contributed by atoms with van der Waals surface area (Å²) in [4.78, 5) is 22.2. The van der Waals surface area contributed by atoms with Crippen molar-refractivity contribution < 1.29 is 14.3 Å². The number of nitrogens with two attached hydrogens (primary N) is 1. The van der Waals surface area contributed by atoms with Crippen molar-refractivity contribution in [3.63, 3.8) is 0 Å². The Morgan fingerprint density at radius 2 is 2.17 bits per heavy atom. The van der Waals surface area contributed by atoms with Crippen LogP contribution in [-0.2, 0) is 4.74 Å². The van der Waals surface area contributed by atoms with Gasteiger partial charge in [-0.2, -0.15) is 0 Å². The zero-order valence-corrected chi connectivity index (χ0v) is 14.4. The Hall–Kier alpha value is -2.67. The molecular weight excluding hydrogens is 326 g/mol. The summed E-state index contributed by atoms with van der Waals surface area (Å²) in [6.45, 7) is 5.67. The smallest absolute Gasteiger partial charge is 0.434 e. The van der Waals surface area contributed by atoms with Crippen LogP contribution in [0.15, 0.2) is 24.5 Å². The van der Waals surface area contributed by atoms with Gasteiger partial charge in [0.1, 0.15) is 4.83 Å². The van der Waals surface area contributed by atoms with Crippen LogP contribution in [0.5, 0.6) is 5.75 Å². The molecule has 0 atom stereocenters. The van der Waals surface area contributed by atoms with Gasteiger partial charge in [-0.25, -0.2) is 9.78 Å². The van der Waals surface area contributed by atoms with Crippen LogP contribution in [0.4, 0.5) is 10.5 Å². The molecule has 6 nitrogen and oxygen atoms in total. The first-order chi connectivity index (χ1) is 11.5. The monoisotopic (exact) mass is 343 g/mol. The van der Waals surface area contributed by atoms with Crippen LogP contribution >= 0.6 is 11.3 Å². The molecule has 0 fully saturated rings. The van der Waals surface area contributed by atoms with Crippen molar-refractivity contribution >= 4 is 33.4 Å². The fourth-order valence-electron chi connectivity index (χ4n) is 2.54. The lowest BCUT2D eigenvalue weighted by Gasteiger charge is -2.10. The third-order valence-corrected chi connectivity index (χ3v) is 4.85. The summed E-state index contributed by atoms with van der Waals surface area (Å²) < 4.78 is 10.1. The molecule has 2 N–H and O–H groups in total. The summed E-state index contributed by atoms with van der Waals surface area (Å²) in [5, 5.41) is 0.795. The van der Waals surface area contributed by atoms with E-state index >= 15 is 0 Å². The van der Waals surface area contributed by atoms with Gasteiger partial charge in [0.25, 0.3) is 0 Å². The third-order valence-electron chi connectivity index (χ3n) is 3.61. The second-order valence-corrected chi connectivity index (χ2v) is 6.20. The molecule has 0 radical (unpaired) electrons. The van der Waals surface area contributed by atoms with Crippen molar-refractivity contribution in [2.24, 2.45) is 0 Å². The van der Waals surface area contributed by atoms with E-state index in [2.05, 4.69) is 9.97 Å². The highest BCUT2D eigenvalue weighted by atomic mass is 32.1. The van der Waals surface area contributed by atoms with Gasteiger partial charge in [-0.1, -0.05) is 6.07 Å². The fourth-order valence-corrected chi connectivity index (χ4v) is 3.77. The number of aryl methyl sites for hydroxylation is 2. The number of carbonyl (C=O) groups is 1. The first kappa shape index (κ1) is 16.2. The number of anilines is 1. The van der Waals surface area contributed by atoms with Crippen molar-refractivity contribution in [3.05, 3.63) is 35.8 Å². The maximum atomic E-state index is 11.6. The molecule has 3 rings (SSSR count). The molecule has 0 saturated heterocycles. The molecule has 124 valence electrons. The van der Waals surface area contributed by atoms with Crippen LogP contribution < -0.4 is 10.5 Å². The molecule has 0 aliphatic rings. The second kappa shape index (κ2) is 6.45. The van der Waals surface area contributed by atoms with Gasteiger partial charge in [0.05, 0.1) is 18.0 Å². The van der Waals surface area contributed by atoms with E-state index in [4.69, 9.17) is 15.2 Å². The van der Waals surface area contributed by atoms with E-state index in [1.807, 2.05) is 19.1 Å². The van der Waals surface area contributed by atoms with E-state index in [0.29, 0.717) is 11.4 Å². The zero-order valence-electron chi connectivity index (χ0n) is 13.6. The highest BCUT2D eigenvalue weighted by Crippen LogP contribution is 2.43. The average molecular weight is 343 g/mol. The van der Waals surface area contributed by atoms with E-state index in [-0.39, 0.29) is 12.4 Å². The van der Waals surface area contributed by atoms with E-state index in [1.54, 1.807) is 37.6 Å². The van der Waals surface area contributed by atoms with Crippen molar-refractivity contribution in [2.45, 2.75) is 20.8 Å². The number of hydrogen-bond acceptors (Lipinski definition) is 7. The lowest BCUT2D eigenvalue weighted by Crippen LogP contribution is -2.12. The zero-order chi connectivity index (χ0) is 17.3. The van der Waals surface area contributed by atoms with E-state index in [0.717, 1.165) is 26.2 Å². The summed E-state index contributed by atoms with van der Waals surface area (Å²) in [6.07, 6.45) is 2.75. The number of ether oxygens (including phenoxy) is 2. The Balaban J connectivity index is 2.15. The van der Waals surface area contributed by atoms with E-state index < -0.39 is 6.16 Å². The highest BCUT2D eigenvalue weighted by molar-refractivity contribution is 7.22. The largest absolute Gasteiger partial charge is 0.513 e. The van der Waals surface area contributed by atoms with Gasteiger partial charge in [-0.05, 0) is 32.4 Å². The van der Waals surface area contributed by atoms with Gasteiger partial charge >= 0.3 is 6.16 Å². The quantitative estimate of drug-likeness (QED) is 0.721. The molecule has 0 aliphatic heterocycles. The Morgan fingerprint density at radius 3 is 2.83 bits per heavy atom. The summed E-state index contributed by atoms with van der Waals surface area (Å²) in [5.74, 6) is 0.250. The van der Waals surface area contributed by atoms with Crippen LogP contribution in [0.3, 0.4) is 0 Å². The van der Waals surface area contributed by atoms with Crippen molar-refractivity contribution in [3.8, 4) is 16.2 Å². The third kappa shape index (κ3) is 2.78. The molecule has 0 unspecified atom stereocenters. The topological polar surface area (TPSA) is 87.3 Å². The lowest BCUT2D eigenvalue weighted by atomic mass is 10.1. The SMILES string of the molecule is CCOC(=O)Oc1c(C)nc2sc(-c3cccnc3)c(C)c2c1N. The molecule has 0 bridgehead atoms. The Morgan fingerprint density at radius 1 is 1.38 bits per heavy atom. The van der Waals surface area contributed by atoms with E-state index in [1.165, 1.54) is 0 Å². The van der Waals surface area contributed by atoms with Crippen LogP contribution in [0.1, 0.15) is 18.2 Å². The normalized spacial score (nSPS) is 10.8. The number of nitrogen functional groups attached to an aromatic ring is 1. The molecule has 0 aliphatic carbocycles. The van der Waals surface area contributed by atoms with Crippen molar-refractivity contribution in [2.75, 3.05) is 12.3 Å². The maximum Gasteiger partial charge on any atom is 0.513 e. The van der Waals surface area contributed by atoms with Gasteiger partial charge in [0, 0.05) is 28.2 Å². The van der Waals surface area contributed by atoms with Crippen LogP contribution in [0.25, 0.3) is 20.7 Å². The highest BCUT2D eigenvalue weighted by Gasteiger charge is 2.21. The lowest BCUT2D eigenvalue weighted by molar-refractivity contribution is 0.104. The first-order valence-corrected chi connectivity index (χ1v) is 8.28. The minimum Gasteiger partial charge on any atom is -0.434 e. The van der Waals surface area contributed by atoms with Crippen LogP contribution in [-0.4, -0.2) is 22.7 Å². The fraction of sp³-hybridized carbons (Fsp3) is 0.235. The molecule has 7 heteroatoms. The van der Waals surface area contributed by atoms with E-state index in [9.17, 15) is 4.79 Å². The Bertz CT molecular complexity index is 907. The maximum absolute atomic E-state index is 11.6. The summed E-state index contributed by atoms with van der Waals surface area (Å²) in [5.41, 5.74) is 9.21. The molecule has 3 aromatic rings. The molecule has 0 spiro atoms.